The number of aliphatic hydroxyl groups is 1. The van der Waals surface area contributed by atoms with Crippen molar-refractivity contribution in [1.29, 1.82) is 0 Å². The van der Waals surface area contributed by atoms with Crippen LogP contribution in [-0.2, 0) is 65.4 Å². The minimum Gasteiger partial charge on any atom is -0.462 e. The van der Waals surface area contributed by atoms with E-state index >= 15 is 0 Å². The fourth-order valence-electron chi connectivity index (χ4n) is 11.4. The number of aliphatic hydroxyl groups excluding tert-OH is 1. The van der Waals surface area contributed by atoms with E-state index in [0.717, 1.165) is 89.9 Å². The largest absolute Gasteiger partial charge is 0.472 e. The lowest BCUT2D eigenvalue weighted by Gasteiger charge is -2.21. The molecule has 17 nitrogen and oxygen atoms in total. The minimum atomic E-state index is -4.95. The van der Waals surface area contributed by atoms with Gasteiger partial charge < -0.3 is 33.8 Å². The van der Waals surface area contributed by atoms with E-state index in [4.69, 9.17) is 37.0 Å². The van der Waals surface area contributed by atoms with Crippen LogP contribution in [0.1, 0.15) is 388 Å². The van der Waals surface area contributed by atoms with Gasteiger partial charge in [-0.3, -0.25) is 37.3 Å². The van der Waals surface area contributed by atoms with E-state index in [1.54, 1.807) is 0 Å². The summed E-state index contributed by atoms with van der Waals surface area (Å²) in [5.74, 6) is -1.43. The van der Waals surface area contributed by atoms with Crippen molar-refractivity contribution in [2.75, 3.05) is 39.6 Å². The summed E-state index contributed by atoms with van der Waals surface area (Å²) < 4.78 is 68.3. The van der Waals surface area contributed by atoms with E-state index in [1.807, 2.05) is 0 Å². The number of ether oxygens (including phenoxy) is 4. The summed E-state index contributed by atoms with van der Waals surface area (Å²) in [7, 11) is -9.90. The molecule has 5 atom stereocenters. The average molecular weight is 1370 g/mol. The van der Waals surface area contributed by atoms with Crippen LogP contribution in [0.3, 0.4) is 0 Å². The van der Waals surface area contributed by atoms with E-state index in [0.29, 0.717) is 31.6 Å². The van der Waals surface area contributed by atoms with Crippen molar-refractivity contribution in [1.82, 2.24) is 0 Å². The lowest BCUT2D eigenvalue weighted by molar-refractivity contribution is -0.161. The lowest BCUT2D eigenvalue weighted by atomic mass is 10.0. The zero-order chi connectivity index (χ0) is 68.4. The van der Waals surface area contributed by atoms with E-state index in [-0.39, 0.29) is 25.7 Å². The normalized spacial score (nSPS) is 14.0. The van der Waals surface area contributed by atoms with E-state index in [9.17, 15) is 43.2 Å². The van der Waals surface area contributed by atoms with Crippen molar-refractivity contribution in [2.45, 2.75) is 406 Å². The molecule has 0 spiro atoms. The predicted octanol–water partition coefficient (Wildman–Crippen LogP) is 21.7. The summed E-state index contributed by atoms with van der Waals surface area (Å²) in [6.07, 6.45) is 55.8. The Balaban J connectivity index is 5.14. The smallest absolute Gasteiger partial charge is 0.462 e. The molecule has 0 aromatic carbocycles. The van der Waals surface area contributed by atoms with Gasteiger partial charge in [-0.1, -0.05) is 336 Å². The molecular formula is C74H144O17P2. The lowest BCUT2D eigenvalue weighted by Crippen LogP contribution is -2.30. The molecule has 0 saturated heterocycles. The van der Waals surface area contributed by atoms with Gasteiger partial charge >= 0.3 is 39.5 Å². The van der Waals surface area contributed by atoms with Crippen molar-refractivity contribution in [2.24, 2.45) is 5.92 Å². The van der Waals surface area contributed by atoms with Gasteiger partial charge in [0.25, 0.3) is 0 Å². The number of phosphoric acid groups is 2. The summed E-state index contributed by atoms with van der Waals surface area (Å²) in [6, 6.07) is 0. The Morgan fingerprint density at radius 1 is 0.290 bits per heavy atom. The van der Waals surface area contributed by atoms with Gasteiger partial charge in [-0.05, 0) is 31.6 Å². The predicted molar refractivity (Wildman–Crippen MR) is 377 cm³/mol. The zero-order valence-corrected chi connectivity index (χ0v) is 62.2. The minimum absolute atomic E-state index is 0.104. The Kier molecular flexibility index (Phi) is 65.9. The van der Waals surface area contributed by atoms with Crippen molar-refractivity contribution in [3.05, 3.63) is 0 Å². The maximum Gasteiger partial charge on any atom is 0.472 e. The molecule has 0 aliphatic carbocycles. The molecule has 0 aromatic heterocycles. The molecule has 552 valence electrons. The molecule has 0 heterocycles. The third-order valence-electron chi connectivity index (χ3n) is 17.3. The molecule has 3 N–H and O–H groups in total. The van der Waals surface area contributed by atoms with Gasteiger partial charge in [0.15, 0.2) is 12.2 Å². The fourth-order valence-corrected chi connectivity index (χ4v) is 12.9. The van der Waals surface area contributed by atoms with E-state index in [2.05, 4.69) is 34.6 Å². The van der Waals surface area contributed by atoms with Crippen LogP contribution in [-0.4, -0.2) is 96.7 Å². The van der Waals surface area contributed by atoms with Crippen molar-refractivity contribution < 1.29 is 80.2 Å². The molecule has 0 rings (SSSR count). The molecule has 0 aliphatic rings. The molecule has 93 heavy (non-hydrogen) atoms. The molecule has 0 fully saturated rings. The van der Waals surface area contributed by atoms with Crippen molar-refractivity contribution in [3.63, 3.8) is 0 Å². The van der Waals surface area contributed by atoms with Crippen LogP contribution >= 0.6 is 15.6 Å². The van der Waals surface area contributed by atoms with Crippen LogP contribution in [0.25, 0.3) is 0 Å². The first-order valence-corrected chi connectivity index (χ1v) is 41.6. The zero-order valence-electron chi connectivity index (χ0n) is 60.4. The fraction of sp³-hybridized carbons (Fsp3) is 0.946. The quantitative estimate of drug-likeness (QED) is 0.0222. The number of hydrogen-bond donors (Lipinski definition) is 3. The summed E-state index contributed by atoms with van der Waals surface area (Å²) in [5, 5.41) is 10.6. The molecule has 2 unspecified atom stereocenters. The van der Waals surface area contributed by atoms with Crippen LogP contribution < -0.4 is 0 Å². The van der Waals surface area contributed by atoms with Crippen LogP contribution in [0, 0.1) is 5.92 Å². The van der Waals surface area contributed by atoms with Crippen molar-refractivity contribution >= 4 is 39.5 Å². The second-order valence-electron chi connectivity index (χ2n) is 27.2. The standard InChI is InChI=1S/C74H144O17P2/c1-6-9-12-15-18-21-23-25-26-27-28-29-30-31-32-33-34-36-39-44-49-54-59-73(78)90-69(63-85-72(77)58-53-48-43-38-35-24-22-19-16-13-10-7-2)65-88-92(80,81)86-61-68(75)62-87-93(82,83)89-66-70(64-84-71(76)57-52-47-42-37-20-17-14-11-8-3)91-74(79)60-55-50-45-40-41-46-51-56-67(4)5/h67-70,75H,6-66H2,1-5H3,(H,80,81)(H,82,83)/t68-,69-,70-/m1/s1. The number of phosphoric ester groups is 2. The maximum atomic E-state index is 13.1. The number of carbonyl (C=O) groups excluding carboxylic acids is 4. The Morgan fingerprint density at radius 2 is 0.495 bits per heavy atom. The number of rotatable bonds is 74. The highest BCUT2D eigenvalue weighted by Crippen LogP contribution is 2.45. The highest BCUT2D eigenvalue weighted by Gasteiger charge is 2.30. The van der Waals surface area contributed by atoms with Crippen LogP contribution in [0.5, 0.6) is 0 Å². The molecule has 0 aromatic rings. The Labute approximate surface area is 568 Å². The first-order chi connectivity index (χ1) is 45.0. The summed E-state index contributed by atoms with van der Waals surface area (Å²) in [6.45, 7) is 7.19. The van der Waals surface area contributed by atoms with Gasteiger partial charge in [-0.25, -0.2) is 9.13 Å². The van der Waals surface area contributed by atoms with E-state index < -0.39 is 97.5 Å². The second-order valence-corrected chi connectivity index (χ2v) is 30.1. The van der Waals surface area contributed by atoms with Gasteiger partial charge in [-0.2, -0.15) is 0 Å². The van der Waals surface area contributed by atoms with Gasteiger partial charge in [0, 0.05) is 25.7 Å². The maximum absolute atomic E-state index is 13.1. The number of unbranched alkanes of at least 4 members (excludes halogenated alkanes) is 46. The summed E-state index contributed by atoms with van der Waals surface area (Å²) in [4.78, 5) is 72.6. The molecule has 19 heteroatoms. The van der Waals surface area contributed by atoms with Crippen molar-refractivity contribution in [3.8, 4) is 0 Å². The highest BCUT2D eigenvalue weighted by atomic mass is 31.2. The third kappa shape index (κ3) is 68.4. The van der Waals surface area contributed by atoms with Gasteiger partial charge in [-0.15, -0.1) is 0 Å². The first-order valence-electron chi connectivity index (χ1n) is 38.6. The van der Waals surface area contributed by atoms with Gasteiger partial charge in [0.05, 0.1) is 26.4 Å². The molecule has 0 saturated carbocycles. The SMILES string of the molecule is CCCCCCCCCCCCCCCCCCCCCCCCC(=O)O[C@H](COC(=O)CCCCCCCCCCCCCC)COP(=O)(O)OC[C@@H](O)COP(=O)(O)OC[C@@H](COC(=O)CCCCCCCCCCC)OC(=O)CCCCCCCCCC(C)C. The molecule has 0 bridgehead atoms. The monoisotopic (exact) mass is 1370 g/mol. The molecule has 0 radical (unpaired) electrons. The highest BCUT2D eigenvalue weighted by molar-refractivity contribution is 7.47. The number of esters is 4. The molecule has 0 aliphatic heterocycles. The second kappa shape index (κ2) is 67.3. The topological polar surface area (TPSA) is 237 Å². The van der Waals surface area contributed by atoms with E-state index in [1.165, 1.54) is 212 Å². The average Bonchev–Trinajstić information content (AvgIpc) is 2.01. The van der Waals surface area contributed by atoms with Crippen LogP contribution in [0.4, 0.5) is 0 Å². The van der Waals surface area contributed by atoms with Crippen LogP contribution in [0.2, 0.25) is 0 Å². The Bertz CT molecular complexity index is 1790. The van der Waals surface area contributed by atoms with Gasteiger partial charge in [0.2, 0.25) is 0 Å². The number of hydrogen-bond acceptors (Lipinski definition) is 15. The Morgan fingerprint density at radius 3 is 0.731 bits per heavy atom. The number of carbonyl (C=O) groups is 4. The summed E-state index contributed by atoms with van der Waals surface area (Å²) in [5.41, 5.74) is 0. The third-order valence-corrected chi connectivity index (χ3v) is 19.2. The van der Waals surface area contributed by atoms with Gasteiger partial charge in [0.1, 0.15) is 19.3 Å². The summed E-state index contributed by atoms with van der Waals surface area (Å²) >= 11 is 0. The molecule has 0 amide bonds. The molecular weight excluding hydrogens is 1220 g/mol. The Hall–Kier alpha value is -1.94. The van der Waals surface area contributed by atoms with Crippen LogP contribution in [0.15, 0.2) is 0 Å². The first kappa shape index (κ1) is 91.1.